The summed E-state index contributed by atoms with van der Waals surface area (Å²) in [4.78, 5) is 10.1. The minimum atomic E-state index is -0.417. The number of nitro groups is 1. The number of benzene rings is 1. The van der Waals surface area contributed by atoms with Gasteiger partial charge in [0.25, 0.3) is 5.69 Å². The van der Waals surface area contributed by atoms with Gasteiger partial charge in [-0.05, 0) is 24.0 Å². The zero-order chi connectivity index (χ0) is 13.2. The van der Waals surface area contributed by atoms with Crippen LogP contribution in [0.25, 0.3) is 0 Å². The van der Waals surface area contributed by atoms with Crippen molar-refractivity contribution in [2.45, 2.75) is 26.3 Å². The fourth-order valence-corrected chi connectivity index (χ4v) is 2.04. The maximum Gasteiger partial charge on any atom is 0.269 e. The largest absolute Gasteiger partial charge is 0.492 e. The van der Waals surface area contributed by atoms with E-state index in [9.17, 15) is 10.1 Å². The van der Waals surface area contributed by atoms with Gasteiger partial charge in [0, 0.05) is 18.7 Å². The third-order valence-electron chi connectivity index (χ3n) is 3.46. The van der Waals surface area contributed by atoms with Gasteiger partial charge in [-0.2, -0.15) is 0 Å². The Morgan fingerprint density at radius 2 is 2.11 bits per heavy atom. The molecule has 1 aromatic rings. The van der Waals surface area contributed by atoms with Gasteiger partial charge in [0.05, 0.1) is 11.0 Å². The monoisotopic (exact) mass is 249 g/mol. The molecular formula is C13H17N2O3. The highest BCUT2D eigenvalue weighted by atomic mass is 16.6. The molecule has 0 saturated carbocycles. The summed E-state index contributed by atoms with van der Waals surface area (Å²) in [7, 11) is 0. The van der Waals surface area contributed by atoms with Crippen molar-refractivity contribution in [2.24, 2.45) is 5.41 Å². The molecule has 5 heteroatoms. The summed E-state index contributed by atoms with van der Waals surface area (Å²) in [5, 5.41) is 15.0. The summed E-state index contributed by atoms with van der Waals surface area (Å²) in [5.41, 5.74) is 0.258. The van der Waals surface area contributed by atoms with Crippen molar-refractivity contribution in [3.8, 4) is 5.75 Å². The maximum absolute atomic E-state index is 10.5. The van der Waals surface area contributed by atoms with Crippen LogP contribution in [0.1, 0.15) is 20.3 Å². The van der Waals surface area contributed by atoms with E-state index in [2.05, 4.69) is 19.2 Å². The molecular weight excluding hydrogens is 232 g/mol. The molecule has 18 heavy (non-hydrogen) atoms. The first kappa shape index (κ1) is 12.8. The Morgan fingerprint density at radius 1 is 1.44 bits per heavy atom. The maximum atomic E-state index is 10.5. The Bertz CT molecular complexity index is 428. The minimum absolute atomic E-state index is 0.0771. The van der Waals surface area contributed by atoms with Gasteiger partial charge in [-0.25, -0.2) is 5.32 Å². The first-order valence-corrected chi connectivity index (χ1v) is 6.03. The Morgan fingerprint density at radius 3 is 2.61 bits per heavy atom. The topological polar surface area (TPSA) is 66.5 Å². The molecule has 1 unspecified atom stereocenters. The molecule has 2 rings (SSSR count). The van der Waals surface area contributed by atoms with Crippen LogP contribution in [0.5, 0.6) is 5.75 Å². The number of nitro benzene ring substituents is 1. The van der Waals surface area contributed by atoms with Gasteiger partial charge in [0.2, 0.25) is 0 Å². The standard InChI is InChI=1S/C13H17N2O3/c1-13(2)7-8-14-12(13)9-18-11-5-3-10(4-6-11)15(16)17/h3-6,12H,7-9H2,1-2H3. The van der Waals surface area contributed by atoms with Crippen molar-refractivity contribution in [1.29, 1.82) is 0 Å². The lowest BCUT2D eigenvalue weighted by atomic mass is 9.85. The summed E-state index contributed by atoms with van der Waals surface area (Å²) in [5.74, 6) is 0.651. The first-order valence-electron chi connectivity index (χ1n) is 6.03. The second kappa shape index (κ2) is 4.94. The molecule has 0 amide bonds. The lowest BCUT2D eigenvalue weighted by Crippen LogP contribution is -2.34. The van der Waals surface area contributed by atoms with Crippen molar-refractivity contribution in [3.05, 3.63) is 34.4 Å². The number of hydrogen-bond donors (Lipinski definition) is 0. The number of rotatable bonds is 4. The van der Waals surface area contributed by atoms with E-state index < -0.39 is 4.92 Å². The third kappa shape index (κ3) is 2.79. The number of nitrogens with zero attached hydrogens (tertiary/aromatic N) is 2. The van der Waals surface area contributed by atoms with E-state index in [4.69, 9.17) is 4.74 Å². The van der Waals surface area contributed by atoms with Crippen LogP contribution in [-0.4, -0.2) is 24.1 Å². The molecule has 0 bridgehead atoms. The molecule has 0 aromatic heterocycles. The second-order valence-corrected chi connectivity index (χ2v) is 5.22. The van der Waals surface area contributed by atoms with E-state index in [-0.39, 0.29) is 17.1 Å². The van der Waals surface area contributed by atoms with Crippen LogP contribution in [0, 0.1) is 15.5 Å². The van der Waals surface area contributed by atoms with Gasteiger partial charge in [0.15, 0.2) is 0 Å². The smallest absolute Gasteiger partial charge is 0.269 e. The van der Waals surface area contributed by atoms with Crippen LogP contribution in [-0.2, 0) is 0 Å². The highest BCUT2D eigenvalue weighted by Crippen LogP contribution is 2.31. The Hall–Kier alpha value is -1.62. The Balaban J connectivity index is 1.92. The van der Waals surface area contributed by atoms with Crippen LogP contribution < -0.4 is 10.1 Å². The van der Waals surface area contributed by atoms with E-state index in [1.54, 1.807) is 12.1 Å². The normalized spacial score (nSPS) is 21.8. The fraction of sp³-hybridized carbons (Fsp3) is 0.538. The Labute approximate surface area is 106 Å². The van der Waals surface area contributed by atoms with Crippen LogP contribution in [0.4, 0.5) is 5.69 Å². The van der Waals surface area contributed by atoms with Gasteiger partial charge in [-0.15, -0.1) is 0 Å². The molecule has 1 fully saturated rings. The van der Waals surface area contributed by atoms with Crippen molar-refractivity contribution in [2.75, 3.05) is 13.2 Å². The molecule has 1 aliphatic rings. The quantitative estimate of drug-likeness (QED) is 0.607. The van der Waals surface area contributed by atoms with Crippen LogP contribution in [0.3, 0.4) is 0 Å². The Kier molecular flexibility index (Phi) is 3.52. The lowest BCUT2D eigenvalue weighted by Gasteiger charge is -2.25. The van der Waals surface area contributed by atoms with Crippen LogP contribution >= 0.6 is 0 Å². The highest BCUT2D eigenvalue weighted by Gasteiger charge is 2.35. The number of non-ortho nitro benzene ring substituents is 1. The van der Waals surface area contributed by atoms with E-state index in [0.717, 1.165) is 13.0 Å². The number of hydrogen-bond acceptors (Lipinski definition) is 3. The predicted molar refractivity (Wildman–Crippen MR) is 67.8 cm³/mol. The molecule has 1 aliphatic heterocycles. The summed E-state index contributed by atoms with van der Waals surface area (Å²) < 4.78 is 5.64. The van der Waals surface area contributed by atoms with Gasteiger partial charge >= 0.3 is 0 Å². The van der Waals surface area contributed by atoms with E-state index in [1.165, 1.54) is 12.1 Å². The SMILES string of the molecule is CC1(C)CC[N]C1COc1ccc([N+](=O)[O-])cc1. The van der Waals surface area contributed by atoms with Crippen molar-refractivity contribution < 1.29 is 9.66 Å². The zero-order valence-electron chi connectivity index (χ0n) is 10.6. The van der Waals surface area contributed by atoms with Crippen molar-refractivity contribution >= 4 is 5.69 Å². The highest BCUT2D eigenvalue weighted by molar-refractivity contribution is 5.36. The lowest BCUT2D eigenvalue weighted by molar-refractivity contribution is -0.384. The van der Waals surface area contributed by atoms with Gasteiger partial charge in [0.1, 0.15) is 12.4 Å². The fourth-order valence-electron chi connectivity index (χ4n) is 2.04. The average Bonchev–Trinajstić information content (AvgIpc) is 2.66. The second-order valence-electron chi connectivity index (χ2n) is 5.22. The summed E-state index contributed by atoms with van der Waals surface area (Å²) >= 11 is 0. The van der Waals surface area contributed by atoms with Gasteiger partial charge in [-0.1, -0.05) is 13.8 Å². The summed E-state index contributed by atoms with van der Waals surface area (Å²) in [6, 6.07) is 6.35. The molecule has 0 aliphatic carbocycles. The number of ether oxygens (including phenoxy) is 1. The molecule has 1 radical (unpaired) electrons. The molecule has 1 saturated heterocycles. The molecule has 1 heterocycles. The molecule has 1 atom stereocenters. The van der Waals surface area contributed by atoms with E-state index >= 15 is 0 Å². The molecule has 97 valence electrons. The average molecular weight is 249 g/mol. The van der Waals surface area contributed by atoms with Crippen molar-refractivity contribution in [3.63, 3.8) is 0 Å². The predicted octanol–water partition coefficient (Wildman–Crippen LogP) is 2.38. The minimum Gasteiger partial charge on any atom is -0.492 e. The zero-order valence-corrected chi connectivity index (χ0v) is 10.6. The van der Waals surface area contributed by atoms with Crippen LogP contribution in [0.2, 0.25) is 0 Å². The summed E-state index contributed by atoms with van der Waals surface area (Å²) in [6.07, 6.45) is 1.08. The van der Waals surface area contributed by atoms with Crippen molar-refractivity contribution in [1.82, 2.24) is 5.32 Å². The van der Waals surface area contributed by atoms with Gasteiger partial charge in [-0.3, -0.25) is 10.1 Å². The molecule has 0 spiro atoms. The molecule has 1 aromatic carbocycles. The van der Waals surface area contributed by atoms with Gasteiger partial charge < -0.3 is 4.74 Å². The van der Waals surface area contributed by atoms with E-state index in [0.29, 0.717) is 12.4 Å². The third-order valence-corrected chi connectivity index (χ3v) is 3.46. The van der Waals surface area contributed by atoms with E-state index in [1.807, 2.05) is 0 Å². The van der Waals surface area contributed by atoms with Crippen LogP contribution in [0.15, 0.2) is 24.3 Å². The summed E-state index contributed by atoms with van der Waals surface area (Å²) in [6.45, 7) is 5.80. The first-order chi connectivity index (χ1) is 8.49. The molecule has 0 N–H and O–H groups in total. The molecule has 5 nitrogen and oxygen atoms in total.